The molecule has 2 aromatic carbocycles. The summed E-state index contributed by atoms with van der Waals surface area (Å²) in [5.74, 6) is 0.0974. The van der Waals surface area contributed by atoms with E-state index in [0.717, 1.165) is 10.0 Å². The van der Waals surface area contributed by atoms with Gasteiger partial charge in [0, 0.05) is 21.8 Å². The molecule has 0 fully saturated rings. The molecule has 1 aromatic heterocycles. The fourth-order valence-electron chi connectivity index (χ4n) is 1.84. The predicted octanol–water partition coefficient (Wildman–Crippen LogP) is 3.58. The van der Waals surface area contributed by atoms with Crippen LogP contribution in [0.1, 0.15) is 0 Å². The summed E-state index contributed by atoms with van der Waals surface area (Å²) >= 11 is 6.45. The molecule has 0 aliphatic carbocycles. The highest BCUT2D eigenvalue weighted by atomic mass is 79.9. The molecule has 0 aliphatic heterocycles. The Morgan fingerprint density at radius 1 is 1.05 bits per heavy atom. The SMILES string of the molecule is Nc1cc(-c2nnnn2-c2ccc(Br)c(F)c2)ccc1Br. The number of anilines is 1. The van der Waals surface area contributed by atoms with E-state index in [4.69, 9.17) is 5.73 Å². The lowest BCUT2D eigenvalue weighted by atomic mass is 10.2. The number of aromatic nitrogens is 4. The average Bonchev–Trinajstić information content (AvgIpc) is 2.94. The standard InChI is InChI=1S/C13H8Br2FN5/c14-9-4-2-8(6-11(9)16)21-13(18-19-20-21)7-1-3-10(15)12(17)5-7/h1-6H,17H2. The second-order valence-corrected chi connectivity index (χ2v) is 5.96. The largest absolute Gasteiger partial charge is 0.398 e. The summed E-state index contributed by atoms with van der Waals surface area (Å²) in [5, 5.41) is 11.5. The van der Waals surface area contributed by atoms with E-state index in [-0.39, 0.29) is 5.82 Å². The second kappa shape index (κ2) is 5.53. The van der Waals surface area contributed by atoms with Crippen LogP contribution in [0.25, 0.3) is 17.1 Å². The minimum absolute atomic E-state index is 0.383. The molecule has 0 spiro atoms. The van der Waals surface area contributed by atoms with Crippen LogP contribution < -0.4 is 5.73 Å². The maximum Gasteiger partial charge on any atom is 0.187 e. The Bertz CT molecular complexity index is 752. The number of rotatable bonds is 2. The van der Waals surface area contributed by atoms with Gasteiger partial charge in [-0.05, 0) is 72.6 Å². The fraction of sp³-hybridized carbons (Fsp3) is 0. The maximum absolute atomic E-state index is 13.7. The third-order valence-corrected chi connectivity index (χ3v) is 4.24. The molecule has 0 radical (unpaired) electrons. The molecule has 0 unspecified atom stereocenters. The van der Waals surface area contributed by atoms with E-state index in [2.05, 4.69) is 47.4 Å². The van der Waals surface area contributed by atoms with Gasteiger partial charge in [-0.3, -0.25) is 0 Å². The Morgan fingerprint density at radius 3 is 2.52 bits per heavy atom. The van der Waals surface area contributed by atoms with Crippen LogP contribution in [0, 0.1) is 5.82 Å². The number of nitrogens with two attached hydrogens (primary N) is 1. The lowest BCUT2D eigenvalue weighted by Gasteiger charge is -2.06. The zero-order chi connectivity index (χ0) is 15.0. The van der Waals surface area contributed by atoms with Gasteiger partial charge in [0.1, 0.15) is 5.82 Å². The number of hydrogen-bond acceptors (Lipinski definition) is 4. The smallest absolute Gasteiger partial charge is 0.187 e. The van der Waals surface area contributed by atoms with E-state index in [1.165, 1.54) is 10.7 Å². The van der Waals surface area contributed by atoms with Gasteiger partial charge in [-0.15, -0.1) is 5.10 Å². The molecule has 0 saturated carbocycles. The summed E-state index contributed by atoms with van der Waals surface area (Å²) in [6.07, 6.45) is 0. The Kier molecular flexibility index (Phi) is 3.73. The molecule has 21 heavy (non-hydrogen) atoms. The van der Waals surface area contributed by atoms with Crippen molar-refractivity contribution in [1.29, 1.82) is 0 Å². The molecule has 1 heterocycles. The van der Waals surface area contributed by atoms with Crippen LogP contribution >= 0.6 is 31.9 Å². The normalized spacial score (nSPS) is 10.8. The summed E-state index contributed by atoms with van der Waals surface area (Å²) in [5.41, 5.74) is 7.71. The molecule has 2 N–H and O–H groups in total. The number of nitrogens with zero attached hydrogens (tertiary/aromatic N) is 4. The lowest BCUT2D eigenvalue weighted by Crippen LogP contribution is -2.01. The van der Waals surface area contributed by atoms with Crippen molar-refractivity contribution in [2.24, 2.45) is 0 Å². The molecular weight excluding hydrogens is 405 g/mol. The van der Waals surface area contributed by atoms with Crippen LogP contribution in [-0.2, 0) is 0 Å². The van der Waals surface area contributed by atoms with E-state index < -0.39 is 0 Å². The Morgan fingerprint density at radius 2 is 1.81 bits per heavy atom. The van der Waals surface area contributed by atoms with Gasteiger partial charge in [-0.25, -0.2) is 4.39 Å². The Labute approximate surface area is 136 Å². The number of benzene rings is 2. The summed E-state index contributed by atoms with van der Waals surface area (Å²) < 4.78 is 16.3. The second-order valence-electron chi connectivity index (χ2n) is 4.25. The zero-order valence-electron chi connectivity index (χ0n) is 10.5. The highest BCUT2D eigenvalue weighted by Gasteiger charge is 2.13. The summed E-state index contributed by atoms with van der Waals surface area (Å²) in [6, 6.07) is 10.1. The molecular formula is C13H8Br2FN5. The van der Waals surface area contributed by atoms with Gasteiger partial charge < -0.3 is 5.73 Å². The zero-order valence-corrected chi connectivity index (χ0v) is 13.6. The summed E-state index contributed by atoms with van der Waals surface area (Å²) in [4.78, 5) is 0. The molecule has 0 amide bonds. The van der Waals surface area contributed by atoms with E-state index >= 15 is 0 Å². The quantitative estimate of drug-likeness (QED) is 0.653. The minimum Gasteiger partial charge on any atom is -0.398 e. The first-order valence-electron chi connectivity index (χ1n) is 5.85. The van der Waals surface area contributed by atoms with Crippen molar-refractivity contribution >= 4 is 37.5 Å². The number of tetrazole rings is 1. The van der Waals surface area contributed by atoms with Crippen LogP contribution in [0.5, 0.6) is 0 Å². The minimum atomic E-state index is -0.385. The predicted molar refractivity (Wildman–Crippen MR) is 84.4 cm³/mol. The van der Waals surface area contributed by atoms with Crippen molar-refractivity contribution in [2.45, 2.75) is 0 Å². The number of nitrogen functional groups attached to an aromatic ring is 1. The third kappa shape index (κ3) is 2.68. The van der Waals surface area contributed by atoms with Gasteiger partial charge >= 0.3 is 0 Å². The van der Waals surface area contributed by atoms with Crippen molar-refractivity contribution in [1.82, 2.24) is 20.2 Å². The van der Waals surface area contributed by atoms with Crippen LogP contribution in [0.15, 0.2) is 45.3 Å². The Hall–Kier alpha value is -1.80. The molecule has 0 atom stereocenters. The summed E-state index contributed by atoms with van der Waals surface area (Å²) in [6.45, 7) is 0. The van der Waals surface area contributed by atoms with Crippen LogP contribution in [-0.4, -0.2) is 20.2 Å². The first kappa shape index (κ1) is 14.2. The first-order valence-corrected chi connectivity index (χ1v) is 7.44. The van der Waals surface area contributed by atoms with E-state index in [0.29, 0.717) is 21.7 Å². The van der Waals surface area contributed by atoms with Gasteiger partial charge in [0.15, 0.2) is 5.82 Å². The lowest BCUT2D eigenvalue weighted by molar-refractivity contribution is 0.618. The van der Waals surface area contributed by atoms with E-state index in [1.54, 1.807) is 18.2 Å². The monoisotopic (exact) mass is 411 g/mol. The van der Waals surface area contributed by atoms with Gasteiger partial charge in [-0.2, -0.15) is 4.68 Å². The van der Waals surface area contributed by atoms with Gasteiger partial charge in [0.05, 0.1) is 10.2 Å². The van der Waals surface area contributed by atoms with Crippen molar-refractivity contribution in [2.75, 3.05) is 5.73 Å². The van der Waals surface area contributed by atoms with Crippen molar-refractivity contribution in [3.63, 3.8) is 0 Å². The van der Waals surface area contributed by atoms with Gasteiger partial charge in [-0.1, -0.05) is 0 Å². The molecule has 0 aliphatic rings. The molecule has 0 saturated heterocycles. The molecule has 106 valence electrons. The van der Waals surface area contributed by atoms with Crippen molar-refractivity contribution < 1.29 is 4.39 Å². The van der Waals surface area contributed by atoms with Crippen molar-refractivity contribution in [3.05, 3.63) is 51.2 Å². The highest BCUT2D eigenvalue weighted by molar-refractivity contribution is 9.10. The molecule has 8 heteroatoms. The van der Waals surface area contributed by atoms with Crippen molar-refractivity contribution in [3.8, 4) is 17.1 Å². The van der Waals surface area contributed by atoms with Gasteiger partial charge in [0.25, 0.3) is 0 Å². The van der Waals surface area contributed by atoms with E-state index in [9.17, 15) is 4.39 Å². The first-order chi connectivity index (χ1) is 10.1. The topological polar surface area (TPSA) is 69.6 Å². The number of halogens is 3. The third-order valence-electron chi connectivity index (χ3n) is 2.87. The van der Waals surface area contributed by atoms with E-state index in [1.807, 2.05) is 12.1 Å². The number of hydrogen-bond donors (Lipinski definition) is 1. The molecule has 3 aromatic rings. The van der Waals surface area contributed by atoms with Crippen LogP contribution in [0.4, 0.5) is 10.1 Å². The average molecular weight is 413 g/mol. The van der Waals surface area contributed by atoms with Crippen LogP contribution in [0.2, 0.25) is 0 Å². The summed E-state index contributed by atoms with van der Waals surface area (Å²) in [7, 11) is 0. The Balaban J connectivity index is 2.12. The maximum atomic E-state index is 13.7. The fourth-order valence-corrected chi connectivity index (χ4v) is 2.33. The highest BCUT2D eigenvalue weighted by Crippen LogP contribution is 2.27. The van der Waals surface area contributed by atoms with Crippen LogP contribution in [0.3, 0.4) is 0 Å². The molecule has 3 rings (SSSR count). The van der Waals surface area contributed by atoms with Gasteiger partial charge in [0.2, 0.25) is 0 Å². The molecule has 0 bridgehead atoms. The molecule has 5 nitrogen and oxygen atoms in total.